The molecule has 0 heterocycles. The highest BCUT2D eigenvalue weighted by Gasteiger charge is 2.33. The Hall–Kier alpha value is -1.32. The van der Waals surface area contributed by atoms with E-state index in [0.717, 1.165) is 0 Å². The fraction of sp³-hybridized carbons (Fsp3) is 0.556. The van der Waals surface area contributed by atoms with Crippen LogP contribution in [0.25, 0.3) is 0 Å². The highest BCUT2D eigenvalue weighted by atomic mass is 16.6. The van der Waals surface area contributed by atoms with Crippen molar-refractivity contribution in [3.8, 4) is 0 Å². The number of methoxy groups -OCH3 is 1. The number of ether oxygens (including phenoxy) is 2. The quantitative estimate of drug-likeness (QED) is 0.488. The Morgan fingerprint density at radius 1 is 1.31 bits per heavy atom. The SMILES string of the molecule is C=C(C)C(=O)OC(C)(C)C(=O)OC. The van der Waals surface area contributed by atoms with E-state index in [1.165, 1.54) is 27.9 Å². The fourth-order valence-corrected chi connectivity index (χ4v) is 0.606. The second-order valence-electron chi connectivity index (χ2n) is 3.17. The molecule has 0 aromatic rings. The summed E-state index contributed by atoms with van der Waals surface area (Å²) in [5.74, 6) is -1.20. The van der Waals surface area contributed by atoms with Crippen LogP contribution >= 0.6 is 0 Å². The van der Waals surface area contributed by atoms with Crippen LogP contribution in [0.2, 0.25) is 0 Å². The first kappa shape index (κ1) is 11.7. The maximum absolute atomic E-state index is 11.1. The summed E-state index contributed by atoms with van der Waals surface area (Å²) in [5.41, 5.74) is -1.01. The molecule has 0 aliphatic carbocycles. The van der Waals surface area contributed by atoms with Gasteiger partial charge in [0.25, 0.3) is 0 Å². The van der Waals surface area contributed by atoms with Crippen molar-refractivity contribution in [2.24, 2.45) is 0 Å². The topological polar surface area (TPSA) is 52.6 Å². The number of hydrogen-bond acceptors (Lipinski definition) is 4. The van der Waals surface area contributed by atoms with Gasteiger partial charge in [-0.25, -0.2) is 9.59 Å². The fourth-order valence-electron chi connectivity index (χ4n) is 0.606. The van der Waals surface area contributed by atoms with E-state index in [4.69, 9.17) is 4.74 Å². The second-order valence-corrected chi connectivity index (χ2v) is 3.17. The number of esters is 2. The number of rotatable bonds is 3. The average molecular weight is 186 g/mol. The van der Waals surface area contributed by atoms with Crippen LogP contribution in [0.5, 0.6) is 0 Å². The summed E-state index contributed by atoms with van der Waals surface area (Å²) in [7, 11) is 1.23. The van der Waals surface area contributed by atoms with Gasteiger partial charge >= 0.3 is 11.9 Å². The lowest BCUT2D eigenvalue weighted by Crippen LogP contribution is -2.38. The molecule has 0 radical (unpaired) electrons. The Labute approximate surface area is 77.5 Å². The van der Waals surface area contributed by atoms with Gasteiger partial charge in [0.15, 0.2) is 0 Å². The lowest BCUT2D eigenvalue weighted by atomic mass is 10.1. The van der Waals surface area contributed by atoms with Crippen molar-refractivity contribution < 1.29 is 19.1 Å². The molecule has 4 heteroatoms. The van der Waals surface area contributed by atoms with Crippen molar-refractivity contribution in [1.29, 1.82) is 0 Å². The molecule has 13 heavy (non-hydrogen) atoms. The summed E-state index contributed by atoms with van der Waals surface area (Å²) in [4.78, 5) is 22.1. The van der Waals surface area contributed by atoms with Crippen LogP contribution in [-0.4, -0.2) is 24.6 Å². The van der Waals surface area contributed by atoms with Crippen LogP contribution in [0, 0.1) is 0 Å². The van der Waals surface area contributed by atoms with Gasteiger partial charge in [-0.15, -0.1) is 0 Å². The first-order chi connectivity index (χ1) is 5.81. The summed E-state index contributed by atoms with van der Waals surface area (Å²) in [5, 5.41) is 0. The van der Waals surface area contributed by atoms with Crippen LogP contribution in [0.4, 0.5) is 0 Å². The molecule has 0 rings (SSSR count). The Bertz CT molecular complexity index is 240. The van der Waals surface area contributed by atoms with E-state index in [1.54, 1.807) is 0 Å². The standard InChI is InChI=1S/C9H14O4/c1-6(2)7(10)13-9(3,4)8(11)12-5/h1H2,2-5H3. The summed E-state index contributed by atoms with van der Waals surface area (Å²) in [6.45, 7) is 7.82. The molecular weight excluding hydrogens is 172 g/mol. The van der Waals surface area contributed by atoms with Gasteiger partial charge in [0.05, 0.1) is 7.11 Å². The monoisotopic (exact) mass is 186 g/mol. The van der Waals surface area contributed by atoms with E-state index in [9.17, 15) is 9.59 Å². The zero-order chi connectivity index (χ0) is 10.6. The molecule has 0 N–H and O–H groups in total. The van der Waals surface area contributed by atoms with Gasteiger partial charge in [-0.2, -0.15) is 0 Å². The minimum atomic E-state index is -1.26. The van der Waals surface area contributed by atoms with Crippen molar-refractivity contribution >= 4 is 11.9 Å². The molecule has 0 aliphatic heterocycles. The lowest BCUT2D eigenvalue weighted by Gasteiger charge is -2.21. The third kappa shape index (κ3) is 3.27. The first-order valence-electron chi connectivity index (χ1n) is 3.78. The molecule has 0 aromatic heterocycles. The third-order valence-corrected chi connectivity index (χ3v) is 1.37. The van der Waals surface area contributed by atoms with E-state index in [2.05, 4.69) is 11.3 Å². The van der Waals surface area contributed by atoms with Crippen LogP contribution in [0.15, 0.2) is 12.2 Å². The summed E-state index contributed by atoms with van der Waals surface area (Å²) in [6, 6.07) is 0. The second kappa shape index (κ2) is 4.07. The third-order valence-electron chi connectivity index (χ3n) is 1.37. The van der Waals surface area contributed by atoms with Gasteiger partial charge in [0.1, 0.15) is 0 Å². The van der Waals surface area contributed by atoms with E-state index >= 15 is 0 Å². The zero-order valence-corrected chi connectivity index (χ0v) is 8.34. The lowest BCUT2D eigenvalue weighted by molar-refractivity contribution is -0.174. The van der Waals surface area contributed by atoms with Crippen molar-refractivity contribution in [2.45, 2.75) is 26.4 Å². The van der Waals surface area contributed by atoms with Crippen LogP contribution in [-0.2, 0) is 19.1 Å². The van der Waals surface area contributed by atoms with E-state index in [1.807, 2.05) is 0 Å². The van der Waals surface area contributed by atoms with Gasteiger partial charge in [0, 0.05) is 5.57 Å². The van der Waals surface area contributed by atoms with Gasteiger partial charge in [-0.3, -0.25) is 0 Å². The Morgan fingerprint density at radius 3 is 2.08 bits per heavy atom. The predicted octanol–water partition coefficient (Wildman–Crippen LogP) is 1.06. The molecule has 0 spiro atoms. The molecule has 0 fully saturated rings. The minimum Gasteiger partial charge on any atom is -0.466 e. The smallest absolute Gasteiger partial charge is 0.349 e. The summed E-state index contributed by atoms with van der Waals surface area (Å²) >= 11 is 0. The van der Waals surface area contributed by atoms with Gasteiger partial charge in [0.2, 0.25) is 5.60 Å². The Balaban J connectivity index is 4.42. The maximum atomic E-state index is 11.1. The van der Waals surface area contributed by atoms with Gasteiger partial charge in [-0.05, 0) is 20.8 Å². The molecule has 4 nitrogen and oxygen atoms in total. The van der Waals surface area contributed by atoms with Gasteiger partial charge in [-0.1, -0.05) is 6.58 Å². The molecular formula is C9H14O4. The minimum absolute atomic E-state index is 0.247. The highest BCUT2D eigenvalue weighted by molar-refractivity contribution is 5.90. The number of hydrogen-bond donors (Lipinski definition) is 0. The first-order valence-corrected chi connectivity index (χ1v) is 3.78. The number of carbonyl (C=O) groups excluding carboxylic acids is 2. The molecule has 0 unspecified atom stereocenters. The zero-order valence-electron chi connectivity index (χ0n) is 8.34. The molecule has 0 aliphatic rings. The normalized spacial score (nSPS) is 10.5. The summed E-state index contributed by atoms with van der Waals surface area (Å²) in [6.07, 6.45) is 0. The molecule has 0 atom stereocenters. The maximum Gasteiger partial charge on any atom is 0.349 e. The Morgan fingerprint density at radius 2 is 1.77 bits per heavy atom. The van der Waals surface area contributed by atoms with Crippen LogP contribution < -0.4 is 0 Å². The van der Waals surface area contributed by atoms with Crippen molar-refractivity contribution in [3.05, 3.63) is 12.2 Å². The van der Waals surface area contributed by atoms with Crippen molar-refractivity contribution in [2.75, 3.05) is 7.11 Å². The van der Waals surface area contributed by atoms with E-state index < -0.39 is 17.5 Å². The molecule has 0 amide bonds. The Kier molecular flexibility index (Phi) is 3.66. The largest absolute Gasteiger partial charge is 0.466 e. The molecule has 0 saturated carbocycles. The van der Waals surface area contributed by atoms with Gasteiger partial charge < -0.3 is 9.47 Å². The van der Waals surface area contributed by atoms with E-state index in [-0.39, 0.29) is 5.57 Å². The number of carbonyl (C=O) groups is 2. The summed E-state index contributed by atoms with van der Waals surface area (Å²) < 4.78 is 9.29. The van der Waals surface area contributed by atoms with Crippen molar-refractivity contribution in [1.82, 2.24) is 0 Å². The van der Waals surface area contributed by atoms with Crippen molar-refractivity contribution in [3.63, 3.8) is 0 Å². The molecule has 74 valence electrons. The average Bonchev–Trinajstić information content (AvgIpc) is 2.01. The molecule has 0 saturated heterocycles. The molecule has 0 bridgehead atoms. The van der Waals surface area contributed by atoms with Crippen LogP contribution in [0.3, 0.4) is 0 Å². The molecule has 0 aromatic carbocycles. The predicted molar refractivity (Wildman–Crippen MR) is 47.0 cm³/mol. The van der Waals surface area contributed by atoms with E-state index in [0.29, 0.717) is 0 Å². The highest BCUT2D eigenvalue weighted by Crippen LogP contribution is 2.13. The van der Waals surface area contributed by atoms with Crippen LogP contribution in [0.1, 0.15) is 20.8 Å².